The normalized spacial score (nSPS) is 26.5. The molecule has 4 rings (SSSR count). The molecule has 0 saturated carbocycles. The standard InChI is InChI=1S/C14H16N4O/c1-17-7-10-6-9(17)8-18(10)14(19)13-11-4-2-3-5-12(11)15-16-13/h2-5,9-10H,6-8H2,1H3,(H,15,16)/t9-,10-/m0/s1. The summed E-state index contributed by atoms with van der Waals surface area (Å²) in [4.78, 5) is 17.0. The topological polar surface area (TPSA) is 52.2 Å². The van der Waals surface area contributed by atoms with Gasteiger partial charge in [0.2, 0.25) is 0 Å². The van der Waals surface area contributed by atoms with Crippen molar-refractivity contribution in [2.24, 2.45) is 0 Å². The van der Waals surface area contributed by atoms with Gasteiger partial charge >= 0.3 is 0 Å². The molecule has 2 aliphatic heterocycles. The van der Waals surface area contributed by atoms with Crippen LogP contribution in [0.1, 0.15) is 16.9 Å². The molecule has 1 aromatic heterocycles. The molecule has 2 bridgehead atoms. The highest BCUT2D eigenvalue weighted by Gasteiger charge is 2.44. The van der Waals surface area contributed by atoms with E-state index in [4.69, 9.17) is 0 Å². The molecule has 1 amide bonds. The van der Waals surface area contributed by atoms with Crippen LogP contribution in [0.2, 0.25) is 0 Å². The van der Waals surface area contributed by atoms with Crippen molar-refractivity contribution in [3.05, 3.63) is 30.0 Å². The fourth-order valence-electron chi connectivity index (χ4n) is 3.38. The van der Waals surface area contributed by atoms with Crippen LogP contribution in [0.5, 0.6) is 0 Å². The first-order valence-electron chi connectivity index (χ1n) is 6.68. The maximum atomic E-state index is 12.6. The minimum atomic E-state index is 0.0676. The molecule has 2 aromatic rings. The summed E-state index contributed by atoms with van der Waals surface area (Å²) >= 11 is 0. The molecule has 19 heavy (non-hydrogen) atoms. The highest BCUT2D eigenvalue weighted by atomic mass is 16.2. The van der Waals surface area contributed by atoms with E-state index in [2.05, 4.69) is 22.1 Å². The van der Waals surface area contributed by atoms with Gasteiger partial charge in [-0.2, -0.15) is 5.10 Å². The number of likely N-dealkylation sites (tertiary alicyclic amines) is 2. The van der Waals surface area contributed by atoms with Gasteiger partial charge in [-0.15, -0.1) is 0 Å². The molecular weight excluding hydrogens is 240 g/mol. The highest BCUT2D eigenvalue weighted by molar-refractivity contribution is 6.04. The zero-order chi connectivity index (χ0) is 13.0. The van der Waals surface area contributed by atoms with Crippen LogP contribution in [0.25, 0.3) is 10.9 Å². The third-order valence-corrected chi connectivity index (χ3v) is 4.45. The Hall–Kier alpha value is -1.88. The van der Waals surface area contributed by atoms with E-state index >= 15 is 0 Å². The first kappa shape index (κ1) is 11.0. The van der Waals surface area contributed by atoms with Crippen LogP contribution >= 0.6 is 0 Å². The molecule has 2 atom stereocenters. The summed E-state index contributed by atoms with van der Waals surface area (Å²) in [6.07, 6.45) is 1.10. The molecule has 98 valence electrons. The van der Waals surface area contributed by atoms with Gasteiger partial charge < -0.3 is 4.90 Å². The van der Waals surface area contributed by atoms with Crippen molar-refractivity contribution in [1.82, 2.24) is 20.0 Å². The summed E-state index contributed by atoms with van der Waals surface area (Å²) in [6.45, 7) is 1.82. The molecule has 0 aliphatic carbocycles. The number of likely N-dealkylation sites (N-methyl/N-ethyl adjacent to an activating group) is 1. The minimum absolute atomic E-state index is 0.0676. The van der Waals surface area contributed by atoms with Crippen LogP contribution in [0.15, 0.2) is 24.3 Å². The molecule has 5 nitrogen and oxygen atoms in total. The number of hydrogen-bond donors (Lipinski definition) is 1. The number of aromatic nitrogens is 2. The Morgan fingerprint density at radius 3 is 2.89 bits per heavy atom. The Bertz CT molecular complexity index is 648. The van der Waals surface area contributed by atoms with Gasteiger partial charge in [-0.25, -0.2) is 0 Å². The molecule has 2 fully saturated rings. The summed E-state index contributed by atoms with van der Waals surface area (Å²) in [5.41, 5.74) is 1.48. The number of para-hydroxylation sites is 1. The second-order valence-corrected chi connectivity index (χ2v) is 5.56. The van der Waals surface area contributed by atoms with Crippen LogP contribution in [0.3, 0.4) is 0 Å². The number of fused-ring (bicyclic) bond motifs is 3. The lowest BCUT2D eigenvalue weighted by Crippen LogP contribution is -2.47. The third-order valence-electron chi connectivity index (χ3n) is 4.45. The number of piperazine rings is 1. The fraction of sp³-hybridized carbons (Fsp3) is 0.429. The minimum Gasteiger partial charge on any atom is -0.331 e. The molecule has 1 N–H and O–H groups in total. The molecule has 1 aromatic carbocycles. The second kappa shape index (κ2) is 3.81. The molecule has 0 radical (unpaired) electrons. The van der Waals surface area contributed by atoms with Gasteiger partial charge in [0.15, 0.2) is 5.69 Å². The summed E-state index contributed by atoms with van der Waals surface area (Å²) in [7, 11) is 2.14. The number of H-pyrrole nitrogens is 1. The summed E-state index contributed by atoms with van der Waals surface area (Å²) in [6, 6.07) is 8.67. The number of nitrogens with one attached hydrogen (secondary N) is 1. The van der Waals surface area contributed by atoms with Crippen molar-refractivity contribution in [3.63, 3.8) is 0 Å². The number of benzene rings is 1. The van der Waals surface area contributed by atoms with Gasteiger partial charge in [-0.05, 0) is 19.5 Å². The smallest absolute Gasteiger partial charge is 0.275 e. The summed E-state index contributed by atoms with van der Waals surface area (Å²) < 4.78 is 0. The van der Waals surface area contributed by atoms with Crippen LogP contribution < -0.4 is 0 Å². The molecule has 5 heteroatoms. The van der Waals surface area contributed by atoms with Crippen LogP contribution in [0, 0.1) is 0 Å². The molecular formula is C14H16N4O. The zero-order valence-corrected chi connectivity index (χ0v) is 10.8. The second-order valence-electron chi connectivity index (χ2n) is 5.56. The van der Waals surface area contributed by atoms with E-state index in [0.717, 1.165) is 30.4 Å². The maximum Gasteiger partial charge on any atom is 0.275 e. The van der Waals surface area contributed by atoms with E-state index in [9.17, 15) is 4.79 Å². The third kappa shape index (κ3) is 1.51. The van der Waals surface area contributed by atoms with E-state index in [1.807, 2.05) is 29.2 Å². The Morgan fingerprint density at radius 2 is 2.16 bits per heavy atom. The lowest BCUT2D eigenvalue weighted by atomic mass is 10.2. The molecule has 2 aliphatic rings. The first-order chi connectivity index (χ1) is 9.24. The van der Waals surface area contributed by atoms with E-state index in [-0.39, 0.29) is 5.91 Å². The number of hydrogen-bond acceptors (Lipinski definition) is 3. The largest absolute Gasteiger partial charge is 0.331 e. The SMILES string of the molecule is CN1C[C@@H]2C[C@H]1CN2C(=O)c1n[nH]c2ccccc12. The van der Waals surface area contributed by atoms with E-state index in [0.29, 0.717) is 17.8 Å². The molecule has 3 heterocycles. The van der Waals surface area contributed by atoms with Crippen molar-refractivity contribution < 1.29 is 4.79 Å². The zero-order valence-electron chi connectivity index (χ0n) is 10.8. The Balaban J connectivity index is 1.68. The highest BCUT2D eigenvalue weighted by Crippen LogP contribution is 2.31. The van der Waals surface area contributed by atoms with Crippen molar-refractivity contribution in [1.29, 1.82) is 0 Å². The Kier molecular flexibility index (Phi) is 2.20. The number of carbonyl (C=O) groups excluding carboxylic acids is 1. The maximum absolute atomic E-state index is 12.6. The van der Waals surface area contributed by atoms with Gasteiger partial charge in [-0.1, -0.05) is 18.2 Å². The monoisotopic (exact) mass is 256 g/mol. The Morgan fingerprint density at radius 1 is 1.32 bits per heavy atom. The average Bonchev–Trinajstić information content (AvgIpc) is 3.10. The van der Waals surface area contributed by atoms with Crippen LogP contribution in [-0.4, -0.2) is 58.1 Å². The van der Waals surface area contributed by atoms with Gasteiger partial charge in [0.05, 0.1) is 5.52 Å². The predicted octanol–water partition coefficient (Wildman–Crippen LogP) is 1.09. The van der Waals surface area contributed by atoms with Gasteiger partial charge in [0.1, 0.15) is 0 Å². The number of aromatic amines is 1. The van der Waals surface area contributed by atoms with Crippen molar-refractivity contribution in [2.75, 3.05) is 20.1 Å². The number of nitrogens with zero attached hydrogens (tertiary/aromatic N) is 3. The first-order valence-corrected chi connectivity index (χ1v) is 6.68. The van der Waals surface area contributed by atoms with Crippen LogP contribution in [-0.2, 0) is 0 Å². The fourth-order valence-corrected chi connectivity index (χ4v) is 3.38. The van der Waals surface area contributed by atoms with Crippen LogP contribution in [0.4, 0.5) is 0 Å². The lowest BCUT2D eigenvalue weighted by molar-refractivity contribution is 0.0646. The Labute approximate surface area is 111 Å². The van der Waals surface area contributed by atoms with Crippen molar-refractivity contribution in [3.8, 4) is 0 Å². The van der Waals surface area contributed by atoms with Crippen molar-refractivity contribution >= 4 is 16.8 Å². The van der Waals surface area contributed by atoms with E-state index in [1.165, 1.54) is 0 Å². The van der Waals surface area contributed by atoms with Gasteiger partial charge in [0, 0.05) is 30.6 Å². The lowest BCUT2D eigenvalue weighted by Gasteiger charge is -2.31. The van der Waals surface area contributed by atoms with E-state index < -0.39 is 0 Å². The molecule has 2 saturated heterocycles. The molecule has 0 unspecified atom stereocenters. The van der Waals surface area contributed by atoms with Gasteiger partial charge in [-0.3, -0.25) is 14.8 Å². The molecule has 0 spiro atoms. The quantitative estimate of drug-likeness (QED) is 0.831. The van der Waals surface area contributed by atoms with E-state index in [1.54, 1.807) is 0 Å². The summed E-state index contributed by atoms with van der Waals surface area (Å²) in [5.74, 6) is 0.0676. The predicted molar refractivity (Wildman–Crippen MR) is 72.0 cm³/mol. The number of rotatable bonds is 1. The van der Waals surface area contributed by atoms with Crippen molar-refractivity contribution in [2.45, 2.75) is 18.5 Å². The average molecular weight is 256 g/mol. The number of amides is 1. The van der Waals surface area contributed by atoms with Gasteiger partial charge in [0.25, 0.3) is 5.91 Å². The summed E-state index contributed by atoms with van der Waals surface area (Å²) in [5, 5.41) is 8.07. The number of carbonyl (C=O) groups is 1.